The summed E-state index contributed by atoms with van der Waals surface area (Å²) in [6, 6.07) is 19.0. The zero-order valence-corrected chi connectivity index (χ0v) is 23.2. The maximum Gasteiger partial charge on any atom is 0.263 e. The average Bonchev–Trinajstić information content (AvgIpc) is 3.38. The van der Waals surface area contributed by atoms with Crippen LogP contribution in [0.15, 0.2) is 76.8 Å². The third-order valence-corrected chi connectivity index (χ3v) is 8.80. The van der Waals surface area contributed by atoms with E-state index in [4.69, 9.17) is 11.6 Å². The summed E-state index contributed by atoms with van der Waals surface area (Å²) >= 11 is 7.03. The fourth-order valence-electron chi connectivity index (χ4n) is 4.44. The van der Waals surface area contributed by atoms with Crippen molar-refractivity contribution in [2.24, 2.45) is 0 Å². The minimum Gasteiger partial charge on any atom is -0.325 e. The largest absolute Gasteiger partial charge is 0.325 e. The number of amides is 1. The second-order valence-electron chi connectivity index (χ2n) is 9.04. The number of halogens is 1. The van der Waals surface area contributed by atoms with Gasteiger partial charge in [-0.2, -0.15) is 0 Å². The number of nitrogens with one attached hydrogen (secondary N) is 2. The minimum absolute atomic E-state index is 0.0145. The maximum atomic E-state index is 12.8. The van der Waals surface area contributed by atoms with E-state index in [1.807, 2.05) is 30.3 Å². The SMILES string of the molecule is O=C(CSc1nnc(-c2ccccc2)n1C1CCCCC1)Nc1ccc(S(=O)(=O)Nc2ccc(Cl)nn2)cc1. The van der Waals surface area contributed by atoms with Crippen LogP contribution < -0.4 is 10.0 Å². The lowest BCUT2D eigenvalue weighted by molar-refractivity contribution is -0.113. The van der Waals surface area contributed by atoms with Gasteiger partial charge in [0, 0.05) is 17.3 Å². The third-order valence-electron chi connectivity index (χ3n) is 6.29. The first-order chi connectivity index (χ1) is 18.9. The highest BCUT2D eigenvalue weighted by Crippen LogP contribution is 2.35. The number of rotatable bonds is 9. The summed E-state index contributed by atoms with van der Waals surface area (Å²) < 4.78 is 29.8. The van der Waals surface area contributed by atoms with Crippen molar-refractivity contribution in [1.29, 1.82) is 0 Å². The number of carbonyl (C=O) groups is 1. The number of anilines is 2. The van der Waals surface area contributed by atoms with Crippen LogP contribution in [0.2, 0.25) is 5.15 Å². The first-order valence-corrected chi connectivity index (χ1v) is 15.3. The lowest BCUT2D eigenvalue weighted by Gasteiger charge is -2.25. The van der Waals surface area contributed by atoms with Crippen LogP contribution in [0.4, 0.5) is 11.5 Å². The van der Waals surface area contributed by atoms with Crippen molar-refractivity contribution in [1.82, 2.24) is 25.0 Å². The van der Waals surface area contributed by atoms with Crippen LogP contribution in [-0.4, -0.2) is 45.0 Å². The summed E-state index contributed by atoms with van der Waals surface area (Å²) in [5.74, 6) is 0.770. The number of nitrogens with zero attached hydrogens (tertiary/aromatic N) is 5. The zero-order valence-electron chi connectivity index (χ0n) is 20.8. The monoisotopic (exact) mass is 583 g/mol. The molecular formula is C26H26ClN7O3S2. The van der Waals surface area contributed by atoms with Gasteiger partial charge in [0.25, 0.3) is 10.0 Å². The van der Waals surface area contributed by atoms with Crippen LogP contribution in [0.1, 0.15) is 38.1 Å². The molecule has 13 heteroatoms. The highest BCUT2D eigenvalue weighted by atomic mass is 35.5. The van der Waals surface area contributed by atoms with Gasteiger partial charge >= 0.3 is 0 Å². The van der Waals surface area contributed by atoms with Gasteiger partial charge in [-0.25, -0.2) is 8.42 Å². The topological polar surface area (TPSA) is 132 Å². The predicted octanol–water partition coefficient (Wildman–Crippen LogP) is 5.43. The molecular weight excluding hydrogens is 558 g/mol. The van der Waals surface area contributed by atoms with Crippen LogP contribution in [0.3, 0.4) is 0 Å². The third kappa shape index (κ3) is 6.75. The number of hydrogen-bond acceptors (Lipinski definition) is 8. The molecule has 1 aliphatic carbocycles. The molecule has 1 saturated carbocycles. The highest BCUT2D eigenvalue weighted by Gasteiger charge is 2.24. The number of thioether (sulfide) groups is 1. The van der Waals surface area contributed by atoms with E-state index in [1.165, 1.54) is 54.6 Å². The molecule has 2 heterocycles. The molecule has 0 aliphatic heterocycles. The Balaban J connectivity index is 1.23. The van der Waals surface area contributed by atoms with E-state index in [2.05, 4.69) is 35.0 Å². The summed E-state index contributed by atoms with van der Waals surface area (Å²) in [4.78, 5) is 12.8. The van der Waals surface area contributed by atoms with E-state index in [-0.39, 0.29) is 27.5 Å². The summed E-state index contributed by atoms with van der Waals surface area (Å²) in [5.41, 5.74) is 1.48. The standard InChI is InChI=1S/C26H26ClN7O3S2/c27-22-15-16-23(30-29-22)33-39(36,37)21-13-11-19(12-14-21)28-24(35)17-38-26-32-31-25(18-7-3-1-4-8-18)34(26)20-9-5-2-6-10-20/h1,3-4,7-8,11-16,20H,2,5-6,9-10,17H2,(H,28,35)(H,30,33). The van der Waals surface area contributed by atoms with E-state index in [0.717, 1.165) is 37.1 Å². The molecule has 0 unspecified atom stereocenters. The van der Waals surface area contributed by atoms with Crippen LogP contribution in [0, 0.1) is 0 Å². The molecule has 2 aromatic carbocycles. The smallest absolute Gasteiger partial charge is 0.263 e. The Hall–Kier alpha value is -3.48. The molecule has 1 amide bonds. The van der Waals surface area contributed by atoms with Crippen molar-refractivity contribution in [2.75, 3.05) is 15.8 Å². The Labute approximate surface area is 235 Å². The van der Waals surface area contributed by atoms with Gasteiger partial charge in [0.2, 0.25) is 5.91 Å². The molecule has 0 spiro atoms. The zero-order chi connectivity index (χ0) is 27.2. The quantitative estimate of drug-likeness (QED) is 0.249. The van der Waals surface area contributed by atoms with Crippen LogP contribution in [-0.2, 0) is 14.8 Å². The summed E-state index contributed by atoms with van der Waals surface area (Å²) in [5, 5.41) is 19.9. The molecule has 5 rings (SSSR count). The van der Waals surface area contributed by atoms with Gasteiger partial charge in [-0.05, 0) is 49.2 Å². The molecule has 4 aromatic rings. The molecule has 1 fully saturated rings. The molecule has 0 atom stereocenters. The average molecular weight is 584 g/mol. The Kier molecular flexibility index (Phi) is 8.44. The van der Waals surface area contributed by atoms with Crippen molar-refractivity contribution in [3.8, 4) is 11.4 Å². The fourth-order valence-corrected chi connectivity index (χ4v) is 6.34. The first kappa shape index (κ1) is 27.1. The van der Waals surface area contributed by atoms with Gasteiger partial charge in [-0.3, -0.25) is 14.1 Å². The molecule has 202 valence electrons. The molecule has 10 nitrogen and oxygen atoms in total. The second kappa shape index (κ2) is 12.1. The van der Waals surface area contributed by atoms with Gasteiger partial charge < -0.3 is 5.32 Å². The number of sulfonamides is 1. The summed E-state index contributed by atoms with van der Waals surface area (Å²) in [6.45, 7) is 0. The second-order valence-corrected chi connectivity index (χ2v) is 12.1. The molecule has 0 bridgehead atoms. The minimum atomic E-state index is -3.88. The summed E-state index contributed by atoms with van der Waals surface area (Å²) in [7, 11) is -3.88. The molecule has 2 aromatic heterocycles. The van der Waals surface area contributed by atoms with Crippen molar-refractivity contribution >= 4 is 50.8 Å². The van der Waals surface area contributed by atoms with Gasteiger partial charge in [-0.15, -0.1) is 20.4 Å². The Morgan fingerprint density at radius 1 is 0.923 bits per heavy atom. The Bertz CT molecular complexity index is 1520. The highest BCUT2D eigenvalue weighted by molar-refractivity contribution is 7.99. The van der Waals surface area contributed by atoms with Crippen LogP contribution in [0.25, 0.3) is 11.4 Å². The normalized spacial score (nSPS) is 14.2. The van der Waals surface area contributed by atoms with Crippen LogP contribution >= 0.6 is 23.4 Å². The predicted molar refractivity (Wildman–Crippen MR) is 151 cm³/mol. The first-order valence-electron chi connectivity index (χ1n) is 12.4. The van der Waals surface area contributed by atoms with E-state index >= 15 is 0 Å². The number of carbonyl (C=O) groups excluding carboxylic acids is 1. The number of benzene rings is 2. The van der Waals surface area contributed by atoms with Crippen LogP contribution in [0.5, 0.6) is 0 Å². The fraction of sp³-hybridized carbons (Fsp3) is 0.269. The lowest BCUT2D eigenvalue weighted by Crippen LogP contribution is -2.17. The van der Waals surface area contributed by atoms with Gasteiger partial charge in [0.05, 0.1) is 10.6 Å². The Morgan fingerprint density at radius 3 is 2.36 bits per heavy atom. The molecule has 0 radical (unpaired) electrons. The number of hydrogen-bond donors (Lipinski definition) is 2. The molecule has 2 N–H and O–H groups in total. The molecule has 0 saturated heterocycles. The van der Waals surface area contributed by atoms with E-state index in [9.17, 15) is 13.2 Å². The maximum absolute atomic E-state index is 12.8. The summed E-state index contributed by atoms with van der Waals surface area (Å²) in [6.07, 6.45) is 5.68. The van der Waals surface area contributed by atoms with E-state index in [0.29, 0.717) is 16.9 Å². The van der Waals surface area contributed by atoms with Crippen molar-refractivity contribution in [3.05, 3.63) is 71.9 Å². The van der Waals surface area contributed by atoms with Crippen molar-refractivity contribution in [2.45, 2.75) is 48.2 Å². The van der Waals surface area contributed by atoms with E-state index in [1.54, 1.807) is 0 Å². The van der Waals surface area contributed by atoms with Gasteiger partial charge in [0.1, 0.15) is 0 Å². The van der Waals surface area contributed by atoms with Gasteiger partial charge in [0.15, 0.2) is 22.0 Å². The molecule has 39 heavy (non-hydrogen) atoms. The number of aromatic nitrogens is 5. The lowest BCUT2D eigenvalue weighted by atomic mass is 9.95. The van der Waals surface area contributed by atoms with Crippen molar-refractivity contribution < 1.29 is 13.2 Å². The van der Waals surface area contributed by atoms with E-state index < -0.39 is 10.0 Å². The Morgan fingerprint density at radius 2 is 1.67 bits per heavy atom. The van der Waals surface area contributed by atoms with Crippen molar-refractivity contribution in [3.63, 3.8) is 0 Å². The van der Waals surface area contributed by atoms with Gasteiger partial charge in [-0.1, -0.05) is 73.0 Å². The molecule has 1 aliphatic rings.